The van der Waals surface area contributed by atoms with Crippen LogP contribution in [0.1, 0.15) is 46.0 Å². The second-order valence-electron chi connectivity index (χ2n) is 6.47. The Morgan fingerprint density at radius 3 is 2.45 bits per heavy atom. The molecule has 0 radical (unpaired) electrons. The zero-order valence-corrected chi connectivity index (χ0v) is 13.2. The summed E-state index contributed by atoms with van der Waals surface area (Å²) in [5.41, 5.74) is -0.102. The molecule has 2 N–H and O–H groups in total. The molecule has 0 saturated carbocycles. The molecule has 2 heterocycles. The van der Waals surface area contributed by atoms with Crippen molar-refractivity contribution in [3.8, 4) is 0 Å². The van der Waals surface area contributed by atoms with Crippen molar-refractivity contribution in [3.05, 3.63) is 0 Å². The van der Waals surface area contributed by atoms with Gasteiger partial charge in [0.2, 0.25) is 5.91 Å². The Balaban J connectivity index is 1.77. The Hall–Kier alpha value is -0.610. The quantitative estimate of drug-likeness (QED) is 0.805. The molecule has 116 valence electrons. The van der Waals surface area contributed by atoms with Gasteiger partial charge in [-0.25, -0.2) is 0 Å². The Morgan fingerprint density at radius 2 is 1.90 bits per heavy atom. The van der Waals surface area contributed by atoms with Crippen molar-refractivity contribution in [1.29, 1.82) is 0 Å². The standard InChI is InChI=1S/C16H31N3O/c1-3-16(7-9-17-10-8-16)15(20)18-13-14-5-11-19(4-2)12-6-14/h14,17H,3-13H2,1-2H3,(H,18,20). The monoisotopic (exact) mass is 281 g/mol. The van der Waals surface area contributed by atoms with Gasteiger partial charge >= 0.3 is 0 Å². The number of carbonyl (C=O) groups is 1. The number of likely N-dealkylation sites (tertiary alicyclic amines) is 1. The highest BCUT2D eigenvalue weighted by molar-refractivity contribution is 5.82. The van der Waals surface area contributed by atoms with E-state index in [9.17, 15) is 4.79 Å². The summed E-state index contributed by atoms with van der Waals surface area (Å²) in [6.07, 6.45) is 5.41. The van der Waals surface area contributed by atoms with E-state index in [2.05, 4.69) is 29.4 Å². The van der Waals surface area contributed by atoms with E-state index < -0.39 is 0 Å². The fourth-order valence-electron chi connectivity index (χ4n) is 3.58. The Morgan fingerprint density at radius 1 is 1.25 bits per heavy atom. The molecule has 0 bridgehead atoms. The molecule has 2 rings (SSSR count). The molecule has 2 saturated heterocycles. The average molecular weight is 281 g/mol. The zero-order chi connectivity index (χ0) is 14.4. The number of amides is 1. The van der Waals surface area contributed by atoms with Crippen LogP contribution in [0, 0.1) is 11.3 Å². The summed E-state index contributed by atoms with van der Waals surface area (Å²) in [6.45, 7) is 10.8. The predicted molar refractivity (Wildman–Crippen MR) is 82.7 cm³/mol. The molecule has 1 amide bonds. The minimum Gasteiger partial charge on any atom is -0.355 e. The van der Waals surface area contributed by atoms with E-state index in [1.54, 1.807) is 0 Å². The molecule has 4 heteroatoms. The van der Waals surface area contributed by atoms with Gasteiger partial charge in [0.25, 0.3) is 0 Å². The first kappa shape index (κ1) is 15.8. The van der Waals surface area contributed by atoms with Gasteiger partial charge in [-0.15, -0.1) is 0 Å². The lowest BCUT2D eigenvalue weighted by atomic mass is 9.75. The van der Waals surface area contributed by atoms with E-state index in [4.69, 9.17) is 0 Å². The third kappa shape index (κ3) is 3.73. The molecular formula is C16H31N3O. The molecule has 0 aliphatic carbocycles. The lowest BCUT2D eigenvalue weighted by Gasteiger charge is -2.36. The van der Waals surface area contributed by atoms with Crippen LogP contribution >= 0.6 is 0 Å². The number of hydrogen-bond donors (Lipinski definition) is 2. The topological polar surface area (TPSA) is 44.4 Å². The van der Waals surface area contributed by atoms with Gasteiger partial charge in [0.15, 0.2) is 0 Å². The lowest BCUT2D eigenvalue weighted by molar-refractivity contribution is -0.133. The lowest BCUT2D eigenvalue weighted by Crippen LogP contribution is -2.49. The fraction of sp³-hybridized carbons (Fsp3) is 0.938. The molecule has 0 aromatic heterocycles. The van der Waals surface area contributed by atoms with Crippen LogP contribution in [0.2, 0.25) is 0 Å². The van der Waals surface area contributed by atoms with E-state index in [0.29, 0.717) is 11.8 Å². The van der Waals surface area contributed by atoms with E-state index in [1.807, 2.05) is 0 Å². The van der Waals surface area contributed by atoms with Crippen LogP contribution in [0.4, 0.5) is 0 Å². The fourth-order valence-corrected chi connectivity index (χ4v) is 3.58. The molecule has 0 spiro atoms. The largest absolute Gasteiger partial charge is 0.355 e. The number of hydrogen-bond acceptors (Lipinski definition) is 3. The summed E-state index contributed by atoms with van der Waals surface area (Å²) in [4.78, 5) is 15.1. The van der Waals surface area contributed by atoms with Crippen molar-refractivity contribution in [2.24, 2.45) is 11.3 Å². The molecule has 2 aliphatic rings. The van der Waals surface area contributed by atoms with E-state index in [-0.39, 0.29) is 5.41 Å². The van der Waals surface area contributed by atoms with Gasteiger partial charge in [-0.3, -0.25) is 4.79 Å². The summed E-state index contributed by atoms with van der Waals surface area (Å²) in [6, 6.07) is 0. The highest BCUT2D eigenvalue weighted by Gasteiger charge is 2.37. The van der Waals surface area contributed by atoms with Gasteiger partial charge in [0, 0.05) is 6.54 Å². The molecule has 0 unspecified atom stereocenters. The highest BCUT2D eigenvalue weighted by Crippen LogP contribution is 2.32. The van der Waals surface area contributed by atoms with E-state index in [0.717, 1.165) is 45.4 Å². The second kappa shape index (κ2) is 7.41. The summed E-state index contributed by atoms with van der Waals surface area (Å²) in [5, 5.41) is 6.62. The molecule has 2 fully saturated rings. The second-order valence-corrected chi connectivity index (χ2v) is 6.47. The van der Waals surface area contributed by atoms with Crippen LogP contribution in [0.3, 0.4) is 0 Å². The first-order chi connectivity index (χ1) is 9.70. The SMILES string of the molecule is CCN1CCC(CNC(=O)C2(CC)CCNCC2)CC1. The summed E-state index contributed by atoms with van der Waals surface area (Å²) < 4.78 is 0. The number of rotatable bonds is 5. The van der Waals surface area contributed by atoms with Crippen molar-refractivity contribution in [2.75, 3.05) is 39.3 Å². The summed E-state index contributed by atoms with van der Waals surface area (Å²) >= 11 is 0. The van der Waals surface area contributed by atoms with Crippen LogP contribution in [0.15, 0.2) is 0 Å². The third-order valence-electron chi connectivity index (χ3n) is 5.42. The van der Waals surface area contributed by atoms with Crippen LogP contribution in [-0.2, 0) is 4.79 Å². The molecule has 0 atom stereocenters. The number of piperidine rings is 2. The van der Waals surface area contributed by atoms with Crippen molar-refractivity contribution >= 4 is 5.91 Å². The Kier molecular flexibility index (Phi) is 5.85. The van der Waals surface area contributed by atoms with Gasteiger partial charge in [-0.05, 0) is 70.7 Å². The van der Waals surface area contributed by atoms with Crippen LogP contribution in [0.25, 0.3) is 0 Å². The number of carbonyl (C=O) groups excluding carboxylic acids is 1. The highest BCUT2D eigenvalue weighted by atomic mass is 16.2. The first-order valence-corrected chi connectivity index (χ1v) is 8.41. The van der Waals surface area contributed by atoms with Crippen LogP contribution < -0.4 is 10.6 Å². The Bertz CT molecular complexity index is 305. The average Bonchev–Trinajstić information content (AvgIpc) is 2.53. The van der Waals surface area contributed by atoms with Gasteiger partial charge in [0.1, 0.15) is 0 Å². The minimum absolute atomic E-state index is 0.102. The number of nitrogens with zero attached hydrogens (tertiary/aromatic N) is 1. The Labute approximate surface area is 123 Å². The van der Waals surface area contributed by atoms with Crippen molar-refractivity contribution in [3.63, 3.8) is 0 Å². The van der Waals surface area contributed by atoms with Gasteiger partial charge in [-0.1, -0.05) is 13.8 Å². The maximum atomic E-state index is 12.6. The van der Waals surface area contributed by atoms with Crippen molar-refractivity contribution in [1.82, 2.24) is 15.5 Å². The van der Waals surface area contributed by atoms with Crippen molar-refractivity contribution < 1.29 is 4.79 Å². The molecule has 0 aromatic rings. The van der Waals surface area contributed by atoms with Crippen molar-refractivity contribution in [2.45, 2.75) is 46.0 Å². The smallest absolute Gasteiger partial charge is 0.226 e. The molecule has 20 heavy (non-hydrogen) atoms. The van der Waals surface area contributed by atoms with E-state index >= 15 is 0 Å². The van der Waals surface area contributed by atoms with E-state index in [1.165, 1.54) is 25.9 Å². The number of nitrogens with one attached hydrogen (secondary N) is 2. The normalized spacial score (nSPS) is 24.5. The summed E-state index contributed by atoms with van der Waals surface area (Å²) in [7, 11) is 0. The zero-order valence-electron chi connectivity index (χ0n) is 13.2. The van der Waals surface area contributed by atoms with Gasteiger partial charge in [0.05, 0.1) is 5.41 Å². The van der Waals surface area contributed by atoms with Gasteiger partial charge in [-0.2, -0.15) is 0 Å². The maximum absolute atomic E-state index is 12.6. The minimum atomic E-state index is -0.102. The first-order valence-electron chi connectivity index (χ1n) is 8.41. The molecule has 2 aliphatic heterocycles. The molecule has 0 aromatic carbocycles. The molecule has 4 nitrogen and oxygen atoms in total. The third-order valence-corrected chi connectivity index (χ3v) is 5.42. The predicted octanol–water partition coefficient (Wildman–Crippen LogP) is 1.61. The van der Waals surface area contributed by atoms with Gasteiger partial charge < -0.3 is 15.5 Å². The summed E-state index contributed by atoms with van der Waals surface area (Å²) in [5.74, 6) is 0.983. The van der Waals surface area contributed by atoms with Crippen LogP contribution in [0.5, 0.6) is 0 Å². The maximum Gasteiger partial charge on any atom is 0.226 e. The van der Waals surface area contributed by atoms with Crippen LogP contribution in [-0.4, -0.2) is 50.1 Å². The molecular weight excluding hydrogens is 250 g/mol.